The van der Waals surface area contributed by atoms with E-state index in [1.54, 1.807) is 0 Å². The van der Waals surface area contributed by atoms with Gasteiger partial charge in [0.1, 0.15) is 0 Å². The van der Waals surface area contributed by atoms with E-state index in [1.165, 1.54) is 24.1 Å². The minimum absolute atomic E-state index is 0.297. The maximum atomic E-state index is 6.01. The van der Waals surface area contributed by atoms with Crippen molar-refractivity contribution in [2.75, 3.05) is 13.2 Å². The molecule has 4 rings (SSSR count). The van der Waals surface area contributed by atoms with Gasteiger partial charge in [0.2, 0.25) is 0 Å². The van der Waals surface area contributed by atoms with Crippen LogP contribution in [0.15, 0.2) is 6.20 Å². The highest BCUT2D eigenvalue weighted by atomic mass is 16.7. The number of aryl methyl sites for hydroxylation is 1. The lowest BCUT2D eigenvalue weighted by Crippen LogP contribution is -2.44. The van der Waals surface area contributed by atoms with Crippen LogP contribution in [-0.2, 0) is 22.4 Å². The minimum Gasteiger partial charge on any atom is -0.347 e. The minimum atomic E-state index is -0.297. The summed E-state index contributed by atoms with van der Waals surface area (Å²) in [5.41, 5.74) is 2.80. The normalized spacial score (nSPS) is 33.2. The van der Waals surface area contributed by atoms with Gasteiger partial charge < -0.3 is 9.47 Å². The molecule has 0 N–H and O–H groups in total. The molecule has 2 aliphatic carbocycles. The van der Waals surface area contributed by atoms with Gasteiger partial charge in [-0.2, -0.15) is 5.10 Å². The molecular formula is C13H18N2O2. The topological polar surface area (TPSA) is 36.3 Å². The average Bonchev–Trinajstić information content (AvgIpc) is 3.02. The number of hydrogen-bond donors (Lipinski definition) is 0. The van der Waals surface area contributed by atoms with E-state index >= 15 is 0 Å². The second-order valence-electron chi connectivity index (χ2n) is 5.31. The molecule has 17 heavy (non-hydrogen) atoms. The SMILES string of the molecule is CCn1ncc2c1C[C@H]1CC[C@H]2C12OCCO2. The molecule has 4 heteroatoms. The standard InChI is InChI=1S/C13H18N2O2/c1-2-15-12-7-9-3-4-11(10(12)8-14-15)13(9)16-5-6-17-13/h8-9,11H,2-7H2,1H3/t9-,11-/m1/s1. The van der Waals surface area contributed by atoms with Gasteiger partial charge in [-0.1, -0.05) is 0 Å². The predicted molar refractivity (Wildman–Crippen MR) is 61.7 cm³/mol. The summed E-state index contributed by atoms with van der Waals surface area (Å²) in [5, 5.41) is 4.50. The zero-order valence-corrected chi connectivity index (χ0v) is 10.2. The molecule has 1 saturated heterocycles. The van der Waals surface area contributed by atoms with Crippen molar-refractivity contribution >= 4 is 0 Å². The molecule has 2 atom stereocenters. The van der Waals surface area contributed by atoms with E-state index in [0.717, 1.165) is 26.2 Å². The highest BCUT2D eigenvalue weighted by Gasteiger charge is 2.58. The van der Waals surface area contributed by atoms with Crippen LogP contribution in [0, 0.1) is 5.92 Å². The van der Waals surface area contributed by atoms with Crippen LogP contribution < -0.4 is 0 Å². The highest BCUT2D eigenvalue weighted by molar-refractivity contribution is 5.33. The quantitative estimate of drug-likeness (QED) is 0.742. The van der Waals surface area contributed by atoms with E-state index in [1.807, 2.05) is 6.20 Å². The summed E-state index contributed by atoms with van der Waals surface area (Å²) in [5.74, 6) is 0.651. The van der Waals surface area contributed by atoms with Gasteiger partial charge in [-0.15, -0.1) is 0 Å². The van der Waals surface area contributed by atoms with Gasteiger partial charge in [0, 0.05) is 29.6 Å². The molecule has 0 amide bonds. The second-order valence-corrected chi connectivity index (χ2v) is 5.31. The van der Waals surface area contributed by atoms with Crippen LogP contribution in [0.4, 0.5) is 0 Å². The fraction of sp³-hybridized carbons (Fsp3) is 0.769. The molecule has 2 fully saturated rings. The largest absolute Gasteiger partial charge is 0.347 e. The summed E-state index contributed by atoms with van der Waals surface area (Å²) in [6.07, 6.45) is 5.52. The Labute approximate surface area is 101 Å². The molecule has 0 unspecified atom stereocenters. The van der Waals surface area contributed by atoms with Crippen molar-refractivity contribution < 1.29 is 9.47 Å². The number of fused-ring (bicyclic) bond motifs is 2. The number of aromatic nitrogens is 2. The van der Waals surface area contributed by atoms with Gasteiger partial charge in [-0.05, 0) is 26.2 Å². The van der Waals surface area contributed by atoms with Crippen molar-refractivity contribution in [3.05, 3.63) is 17.5 Å². The van der Waals surface area contributed by atoms with Crippen LogP contribution in [-0.4, -0.2) is 28.8 Å². The Kier molecular flexibility index (Phi) is 1.97. The molecule has 1 saturated carbocycles. The Bertz CT molecular complexity index is 448. The van der Waals surface area contributed by atoms with Crippen LogP contribution >= 0.6 is 0 Å². The van der Waals surface area contributed by atoms with E-state index in [9.17, 15) is 0 Å². The van der Waals surface area contributed by atoms with Crippen LogP contribution in [0.1, 0.15) is 36.9 Å². The van der Waals surface area contributed by atoms with Crippen molar-refractivity contribution in [3.63, 3.8) is 0 Å². The lowest BCUT2D eigenvalue weighted by molar-refractivity contribution is -0.196. The second kappa shape index (κ2) is 3.33. The molecule has 92 valence electrons. The number of ether oxygens (including phenoxy) is 2. The van der Waals surface area contributed by atoms with Crippen LogP contribution in [0.2, 0.25) is 0 Å². The molecule has 1 aromatic rings. The van der Waals surface area contributed by atoms with Crippen molar-refractivity contribution in [1.29, 1.82) is 0 Å². The summed E-state index contributed by atoms with van der Waals surface area (Å²) in [4.78, 5) is 0. The summed E-state index contributed by atoms with van der Waals surface area (Å²) < 4.78 is 14.2. The Morgan fingerprint density at radius 3 is 3.00 bits per heavy atom. The van der Waals surface area contributed by atoms with E-state index in [2.05, 4.69) is 16.7 Å². The maximum Gasteiger partial charge on any atom is 0.178 e. The molecule has 2 bridgehead atoms. The number of rotatable bonds is 1. The molecule has 3 aliphatic rings. The molecule has 0 aromatic carbocycles. The van der Waals surface area contributed by atoms with Crippen molar-refractivity contribution in [2.24, 2.45) is 5.92 Å². The van der Waals surface area contributed by atoms with Crippen LogP contribution in [0.3, 0.4) is 0 Å². The Morgan fingerprint density at radius 1 is 1.41 bits per heavy atom. The first-order valence-corrected chi connectivity index (χ1v) is 6.67. The Balaban J connectivity index is 1.83. The van der Waals surface area contributed by atoms with Crippen molar-refractivity contribution in [2.45, 2.75) is 44.4 Å². The van der Waals surface area contributed by atoms with Crippen LogP contribution in [0.5, 0.6) is 0 Å². The van der Waals surface area contributed by atoms with Gasteiger partial charge in [0.25, 0.3) is 0 Å². The lowest BCUT2D eigenvalue weighted by Gasteiger charge is -2.38. The third-order valence-corrected chi connectivity index (χ3v) is 4.69. The summed E-state index contributed by atoms with van der Waals surface area (Å²) in [7, 11) is 0. The molecule has 0 radical (unpaired) electrons. The number of hydrogen-bond acceptors (Lipinski definition) is 3. The van der Waals surface area contributed by atoms with Gasteiger partial charge >= 0.3 is 0 Å². The fourth-order valence-corrected chi connectivity index (χ4v) is 4.00. The van der Waals surface area contributed by atoms with E-state index < -0.39 is 0 Å². The molecule has 4 nitrogen and oxygen atoms in total. The average molecular weight is 234 g/mol. The molecule has 1 aliphatic heterocycles. The Morgan fingerprint density at radius 2 is 2.24 bits per heavy atom. The molecule has 1 spiro atoms. The maximum absolute atomic E-state index is 6.01. The van der Waals surface area contributed by atoms with Gasteiger partial charge in [0.15, 0.2) is 5.79 Å². The first-order chi connectivity index (χ1) is 8.35. The number of nitrogens with zero attached hydrogens (tertiary/aromatic N) is 2. The first-order valence-electron chi connectivity index (χ1n) is 6.67. The van der Waals surface area contributed by atoms with Crippen LogP contribution in [0.25, 0.3) is 0 Å². The summed E-state index contributed by atoms with van der Waals surface area (Å²) in [6, 6.07) is 0. The Hall–Kier alpha value is -0.870. The summed E-state index contributed by atoms with van der Waals surface area (Å²) >= 11 is 0. The van der Waals surface area contributed by atoms with Crippen molar-refractivity contribution in [3.8, 4) is 0 Å². The summed E-state index contributed by atoms with van der Waals surface area (Å²) in [6.45, 7) is 4.63. The van der Waals surface area contributed by atoms with Gasteiger partial charge in [-0.3, -0.25) is 4.68 Å². The smallest absolute Gasteiger partial charge is 0.178 e. The van der Waals surface area contributed by atoms with Crippen molar-refractivity contribution in [1.82, 2.24) is 9.78 Å². The molecular weight excluding hydrogens is 216 g/mol. The predicted octanol–water partition coefficient (Wildman–Crippen LogP) is 1.70. The zero-order chi connectivity index (χ0) is 11.5. The molecule has 2 heterocycles. The molecule has 1 aromatic heterocycles. The van der Waals surface area contributed by atoms with E-state index in [4.69, 9.17) is 9.47 Å². The first kappa shape index (κ1) is 10.1. The lowest BCUT2D eigenvalue weighted by atomic mass is 9.81. The fourth-order valence-electron chi connectivity index (χ4n) is 4.00. The van der Waals surface area contributed by atoms with Gasteiger partial charge in [0.05, 0.1) is 19.4 Å². The van der Waals surface area contributed by atoms with E-state index in [-0.39, 0.29) is 5.79 Å². The third-order valence-electron chi connectivity index (χ3n) is 4.69. The third kappa shape index (κ3) is 1.13. The highest BCUT2D eigenvalue weighted by Crippen LogP contribution is 2.56. The van der Waals surface area contributed by atoms with Gasteiger partial charge in [-0.25, -0.2) is 0 Å². The monoisotopic (exact) mass is 234 g/mol. The van der Waals surface area contributed by atoms with E-state index in [0.29, 0.717) is 11.8 Å². The zero-order valence-electron chi connectivity index (χ0n) is 10.2.